The highest BCUT2D eigenvalue weighted by molar-refractivity contribution is 6.04. The average Bonchev–Trinajstić information content (AvgIpc) is 2.83. The van der Waals surface area contributed by atoms with Crippen LogP contribution in [0.3, 0.4) is 0 Å². The van der Waals surface area contributed by atoms with Crippen molar-refractivity contribution in [3.8, 4) is 0 Å². The second-order valence-corrected chi connectivity index (χ2v) is 4.35. The van der Waals surface area contributed by atoms with Gasteiger partial charge in [0.2, 0.25) is 5.95 Å². The van der Waals surface area contributed by atoms with Crippen LogP contribution in [0.4, 0.5) is 5.95 Å². The molecule has 2 aromatic heterocycles. The number of aryl methyl sites for hydroxylation is 1. The van der Waals surface area contributed by atoms with Crippen LogP contribution < -0.4 is 5.32 Å². The van der Waals surface area contributed by atoms with Gasteiger partial charge in [0.15, 0.2) is 0 Å². The first-order valence-electron chi connectivity index (χ1n) is 6.05. The molecule has 3 rings (SSSR count). The van der Waals surface area contributed by atoms with Gasteiger partial charge < -0.3 is 0 Å². The van der Waals surface area contributed by atoms with Gasteiger partial charge in [0.25, 0.3) is 5.91 Å². The minimum Gasteiger partial charge on any atom is -0.292 e. The van der Waals surface area contributed by atoms with Gasteiger partial charge in [0.05, 0.1) is 11.7 Å². The lowest BCUT2D eigenvalue weighted by molar-refractivity contribution is 0.102. The number of fused-ring (bicyclic) bond motifs is 1. The molecule has 1 N–H and O–H groups in total. The van der Waals surface area contributed by atoms with Crippen molar-refractivity contribution in [1.29, 1.82) is 0 Å². The largest absolute Gasteiger partial charge is 0.292 e. The summed E-state index contributed by atoms with van der Waals surface area (Å²) in [6.07, 6.45) is 3.60. The Morgan fingerprint density at radius 2 is 1.95 bits per heavy atom. The molecule has 0 aliphatic rings. The fourth-order valence-electron chi connectivity index (χ4n) is 2.03. The van der Waals surface area contributed by atoms with Crippen LogP contribution in [0.1, 0.15) is 15.9 Å². The summed E-state index contributed by atoms with van der Waals surface area (Å²) in [4.78, 5) is 16.4. The Hall–Kier alpha value is -2.62. The molecule has 0 aliphatic carbocycles. The number of hydrogen-bond donors (Lipinski definition) is 1. The summed E-state index contributed by atoms with van der Waals surface area (Å²) in [6, 6.07) is 13.3. The molecule has 0 saturated heterocycles. The molecule has 19 heavy (non-hydrogen) atoms. The van der Waals surface area contributed by atoms with E-state index in [0.29, 0.717) is 11.5 Å². The van der Waals surface area contributed by atoms with E-state index in [1.54, 1.807) is 12.3 Å². The van der Waals surface area contributed by atoms with Gasteiger partial charge in [-0.3, -0.25) is 14.5 Å². The Morgan fingerprint density at radius 1 is 1.16 bits per heavy atom. The second-order valence-electron chi connectivity index (χ2n) is 4.35. The number of carbonyl (C=O) groups is 1. The van der Waals surface area contributed by atoms with Gasteiger partial charge in [-0.25, -0.2) is 4.98 Å². The van der Waals surface area contributed by atoms with E-state index in [0.717, 1.165) is 11.1 Å². The van der Waals surface area contributed by atoms with Crippen molar-refractivity contribution in [1.82, 2.24) is 9.38 Å². The summed E-state index contributed by atoms with van der Waals surface area (Å²) in [5.41, 5.74) is 2.55. The molecule has 0 aliphatic heterocycles. The van der Waals surface area contributed by atoms with Crippen LogP contribution in [0.15, 0.2) is 54.9 Å². The van der Waals surface area contributed by atoms with E-state index in [1.807, 2.05) is 53.9 Å². The maximum absolute atomic E-state index is 12.2. The minimum absolute atomic E-state index is 0.144. The first-order valence-corrected chi connectivity index (χ1v) is 6.05. The molecule has 0 bridgehead atoms. The fourth-order valence-corrected chi connectivity index (χ4v) is 2.03. The van der Waals surface area contributed by atoms with Crippen LogP contribution in [0.2, 0.25) is 0 Å². The molecule has 0 radical (unpaired) electrons. The van der Waals surface area contributed by atoms with Crippen LogP contribution in [0.25, 0.3) is 5.52 Å². The van der Waals surface area contributed by atoms with E-state index in [-0.39, 0.29) is 5.91 Å². The molecule has 4 nitrogen and oxygen atoms in total. The number of nitrogens with one attached hydrogen (secondary N) is 1. The van der Waals surface area contributed by atoms with E-state index < -0.39 is 0 Å². The van der Waals surface area contributed by atoms with Crippen LogP contribution in [-0.4, -0.2) is 15.3 Å². The molecule has 2 heterocycles. The number of rotatable bonds is 2. The van der Waals surface area contributed by atoms with E-state index in [9.17, 15) is 4.79 Å². The van der Waals surface area contributed by atoms with Gasteiger partial charge in [0, 0.05) is 11.8 Å². The van der Waals surface area contributed by atoms with Crippen molar-refractivity contribution in [2.75, 3.05) is 5.32 Å². The molecule has 0 unspecified atom stereocenters. The van der Waals surface area contributed by atoms with Gasteiger partial charge in [-0.15, -0.1) is 0 Å². The van der Waals surface area contributed by atoms with Crippen molar-refractivity contribution >= 4 is 17.4 Å². The zero-order chi connectivity index (χ0) is 13.2. The van der Waals surface area contributed by atoms with Crippen molar-refractivity contribution in [2.24, 2.45) is 0 Å². The number of benzene rings is 1. The van der Waals surface area contributed by atoms with E-state index >= 15 is 0 Å². The summed E-state index contributed by atoms with van der Waals surface area (Å²) in [5, 5.41) is 2.83. The maximum Gasteiger partial charge on any atom is 0.258 e. The Morgan fingerprint density at radius 3 is 2.79 bits per heavy atom. The monoisotopic (exact) mass is 251 g/mol. The maximum atomic E-state index is 12.2. The number of hydrogen-bond acceptors (Lipinski definition) is 2. The molecule has 94 valence electrons. The van der Waals surface area contributed by atoms with Crippen LogP contribution in [0.5, 0.6) is 0 Å². The first-order chi connectivity index (χ1) is 9.25. The number of nitrogens with zero attached hydrogens (tertiary/aromatic N) is 2. The lowest BCUT2D eigenvalue weighted by Gasteiger charge is -2.06. The molecule has 4 heteroatoms. The third kappa shape index (κ3) is 2.08. The molecule has 1 amide bonds. The van der Waals surface area contributed by atoms with E-state index in [4.69, 9.17) is 0 Å². The highest BCUT2D eigenvalue weighted by Gasteiger charge is 2.11. The summed E-state index contributed by atoms with van der Waals surface area (Å²) >= 11 is 0. The van der Waals surface area contributed by atoms with Crippen molar-refractivity contribution in [3.05, 3.63) is 66.0 Å². The summed E-state index contributed by atoms with van der Waals surface area (Å²) in [6.45, 7) is 1.92. The fraction of sp³-hybridized carbons (Fsp3) is 0.0667. The summed E-state index contributed by atoms with van der Waals surface area (Å²) in [7, 11) is 0. The molecule has 1 aromatic carbocycles. The number of carbonyl (C=O) groups excluding carboxylic acids is 1. The quantitative estimate of drug-likeness (QED) is 0.761. The molecule has 0 spiro atoms. The van der Waals surface area contributed by atoms with Crippen LogP contribution in [0, 0.1) is 6.92 Å². The molecule has 0 fully saturated rings. The van der Waals surface area contributed by atoms with Crippen LogP contribution in [-0.2, 0) is 0 Å². The number of anilines is 1. The highest BCUT2D eigenvalue weighted by Crippen LogP contribution is 2.13. The van der Waals surface area contributed by atoms with Gasteiger partial charge in [-0.2, -0.15) is 0 Å². The number of imidazole rings is 1. The molecular weight excluding hydrogens is 238 g/mol. The van der Waals surface area contributed by atoms with Gasteiger partial charge in [-0.1, -0.05) is 24.3 Å². The Labute approximate surface area is 110 Å². The highest BCUT2D eigenvalue weighted by atomic mass is 16.1. The van der Waals surface area contributed by atoms with E-state index in [2.05, 4.69) is 10.3 Å². The lowest BCUT2D eigenvalue weighted by atomic mass is 10.1. The SMILES string of the molecule is Cc1ccccc1C(=O)Nc1ncc2ccccn12. The average molecular weight is 251 g/mol. The second kappa shape index (κ2) is 4.57. The number of pyridine rings is 1. The standard InChI is InChI=1S/C15H13N3O/c1-11-6-2-3-8-13(11)14(19)17-15-16-10-12-7-4-5-9-18(12)15/h2-10H,1H3,(H,16,17,19). The Kier molecular flexibility index (Phi) is 2.76. The predicted molar refractivity (Wildman–Crippen MR) is 74.3 cm³/mol. The smallest absolute Gasteiger partial charge is 0.258 e. The summed E-state index contributed by atoms with van der Waals surface area (Å²) in [5.74, 6) is 0.387. The number of amides is 1. The van der Waals surface area contributed by atoms with Gasteiger partial charge in [-0.05, 0) is 30.7 Å². The normalized spacial score (nSPS) is 10.6. The third-order valence-corrected chi connectivity index (χ3v) is 3.05. The van der Waals surface area contributed by atoms with Crippen LogP contribution >= 0.6 is 0 Å². The zero-order valence-electron chi connectivity index (χ0n) is 10.5. The molecule has 3 aromatic rings. The third-order valence-electron chi connectivity index (χ3n) is 3.05. The Balaban J connectivity index is 1.94. The summed E-state index contributed by atoms with van der Waals surface area (Å²) < 4.78 is 1.84. The minimum atomic E-state index is -0.144. The van der Waals surface area contributed by atoms with Crippen molar-refractivity contribution in [3.63, 3.8) is 0 Å². The topological polar surface area (TPSA) is 46.4 Å². The lowest BCUT2D eigenvalue weighted by Crippen LogP contribution is -2.15. The van der Waals surface area contributed by atoms with Crippen molar-refractivity contribution < 1.29 is 4.79 Å². The van der Waals surface area contributed by atoms with E-state index in [1.165, 1.54) is 0 Å². The van der Waals surface area contributed by atoms with Gasteiger partial charge >= 0.3 is 0 Å². The predicted octanol–water partition coefficient (Wildman–Crippen LogP) is 2.90. The number of aromatic nitrogens is 2. The molecule has 0 saturated carbocycles. The Bertz CT molecular complexity index is 746. The first kappa shape index (κ1) is 11.5. The molecular formula is C15H13N3O. The van der Waals surface area contributed by atoms with Gasteiger partial charge in [0.1, 0.15) is 0 Å². The molecule has 0 atom stereocenters. The zero-order valence-corrected chi connectivity index (χ0v) is 10.5. The van der Waals surface area contributed by atoms with Crippen molar-refractivity contribution in [2.45, 2.75) is 6.92 Å².